The Hall–Kier alpha value is -2.50. The lowest BCUT2D eigenvalue weighted by Gasteiger charge is -2.27. The summed E-state index contributed by atoms with van der Waals surface area (Å²) in [7, 11) is -3.87. The van der Waals surface area contributed by atoms with E-state index in [1.807, 2.05) is 0 Å². The molecule has 0 saturated carbocycles. The van der Waals surface area contributed by atoms with Gasteiger partial charge in [0, 0.05) is 29.6 Å². The van der Waals surface area contributed by atoms with Crippen LogP contribution in [0.25, 0.3) is 0 Å². The molecule has 1 aliphatic rings. The predicted molar refractivity (Wildman–Crippen MR) is 109 cm³/mol. The van der Waals surface area contributed by atoms with Crippen molar-refractivity contribution in [1.82, 2.24) is 4.98 Å². The number of anilines is 1. The van der Waals surface area contributed by atoms with Crippen LogP contribution in [-0.4, -0.2) is 20.0 Å². The van der Waals surface area contributed by atoms with Gasteiger partial charge in [0.25, 0.3) is 10.0 Å². The van der Waals surface area contributed by atoms with Crippen LogP contribution >= 0.6 is 22.9 Å². The number of sulfonamides is 1. The Morgan fingerprint density at radius 2 is 2.03 bits per heavy atom. The summed E-state index contributed by atoms with van der Waals surface area (Å²) in [4.78, 5) is 3.88. The summed E-state index contributed by atoms with van der Waals surface area (Å²) in [5.74, 6) is 0.399. The Balaban J connectivity index is 1.58. The van der Waals surface area contributed by atoms with Gasteiger partial charge in [-0.15, -0.1) is 11.3 Å². The summed E-state index contributed by atoms with van der Waals surface area (Å²) in [6.07, 6.45) is -3.19. The molecule has 31 heavy (non-hydrogen) atoms. The summed E-state index contributed by atoms with van der Waals surface area (Å²) in [5.41, 5.74) is -0.310. The Bertz CT molecular complexity index is 1200. The van der Waals surface area contributed by atoms with Crippen molar-refractivity contribution in [2.45, 2.75) is 23.6 Å². The van der Waals surface area contributed by atoms with Crippen LogP contribution < -0.4 is 14.2 Å². The third kappa shape index (κ3) is 4.73. The van der Waals surface area contributed by atoms with Crippen molar-refractivity contribution in [1.29, 1.82) is 0 Å². The minimum Gasteiger partial charge on any atom is -0.493 e. The molecule has 0 radical (unpaired) electrons. The summed E-state index contributed by atoms with van der Waals surface area (Å²) in [6.45, 7) is 0.235. The summed E-state index contributed by atoms with van der Waals surface area (Å²) < 4.78 is 77.5. The van der Waals surface area contributed by atoms with Gasteiger partial charge in [-0.25, -0.2) is 13.4 Å². The van der Waals surface area contributed by atoms with Gasteiger partial charge >= 0.3 is 6.18 Å². The first-order valence-corrected chi connectivity index (χ1v) is 11.6. The number of alkyl halides is 3. The Morgan fingerprint density at radius 1 is 1.23 bits per heavy atom. The van der Waals surface area contributed by atoms with Crippen LogP contribution in [0.15, 0.2) is 52.9 Å². The van der Waals surface area contributed by atoms with E-state index in [-0.39, 0.29) is 27.4 Å². The van der Waals surface area contributed by atoms with Gasteiger partial charge in [0.15, 0.2) is 5.13 Å². The molecule has 2 aromatic carbocycles. The van der Waals surface area contributed by atoms with Gasteiger partial charge in [-0.2, -0.15) is 13.2 Å². The summed E-state index contributed by atoms with van der Waals surface area (Å²) >= 11 is 7.13. The van der Waals surface area contributed by atoms with E-state index in [1.165, 1.54) is 18.3 Å². The second kappa shape index (κ2) is 8.21. The first-order chi connectivity index (χ1) is 14.6. The third-order valence-corrected chi connectivity index (χ3v) is 6.91. The summed E-state index contributed by atoms with van der Waals surface area (Å²) in [6, 6.07) is 7.17. The molecule has 3 aromatic rings. The SMILES string of the molecule is O=S(=O)(Nc1nccs1)c1ccc2c(c1)OCC[C@H]2Oc1ccc(C(F)(F)F)cc1Cl. The summed E-state index contributed by atoms with van der Waals surface area (Å²) in [5, 5.41) is 1.70. The smallest absolute Gasteiger partial charge is 0.416 e. The Morgan fingerprint density at radius 3 is 2.71 bits per heavy atom. The zero-order valence-electron chi connectivity index (χ0n) is 15.5. The molecule has 0 saturated heterocycles. The first-order valence-electron chi connectivity index (χ1n) is 8.86. The van der Waals surface area contributed by atoms with Gasteiger partial charge in [0.2, 0.25) is 0 Å². The van der Waals surface area contributed by atoms with Gasteiger partial charge in [-0.3, -0.25) is 4.72 Å². The van der Waals surface area contributed by atoms with E-state index in [2.05, 4.69) is 9.71 Å². The van der Waals surface area contributed by atoms with E-state index >= 15 is 0 Å². The lowest BCUT2D eigenvalue weighted by molar-refractivity contribution is -0.137. The normalized spacial score (nSPS) is 16.3. The lowest BCUT2D eigenvalue weighted by atomic mass is 10.0. The van der Waals surface area contributed by atoms with Crippen LogP contribution in [0.2, 0.25) is 5.02 Å². The topological polar surface area (TPSA) is 77.5 Å². The lowest BCUT2D eigenvalue weighted by Crippen LogP contribution is -2.20. The van der Waals surface area contributed by atoms with Crippen molar-refractivity contribution in [3.63, 3.8) is 0 Å². The molecule has 0 bridgehead atoms. The Labute approximate surface area is 184 Å². The number of benzene rings is 2. The largest absolute Gasteiger partial charge is 0.493 e. The van der Waals surface area contributed by atoms with E-state index in [1.54, 1.807) is 11.4 Å². The molecule has 1 atom stereocenters. The number of rotatable bonds is 5. The number of fused-ring (bicyclic) bond motifs is 1. The molecule has 0 aliphatic carbocycles. The third-order valence-electron chi connectivity index (χ3n) is 4.46. The molecule has 0 amide bonds. The number of thiazole rings is 1. The number of hydrogen-bond acceptors (Lipinski definition) is 6. The molecule has 2 heterocycles. The highest BCUT2D eigenvalue weighted by Gasteiger charge is 2.32. The molecule has 0 unspecified atom stereocenters. The molecular weight excluding hydrogens is 477 g/mol. The molecule has 4 rings (SSSR count). The van der Waals surface area contributed by atoms with Crippen LogP contribution in [0.1, 0.15) is 23.7 Å². The first kappa shape index (κ1) is 21.7. The second-order valence-electron chi connectivity index (χ2n) is 6.53. The van der Waals surface area contributed by atoms with Crippen LogP contribution in [0.5, 0.6) is 11.5 Å². The van der Waals surface area contributed by atoms with E-state index in [4.69, 9.17) is 21.1 Å². The number of nitrogens with zero attached hydrogens (tertiary/aromatic N) is 1. The highest BCUT2D eigenvalue weighted by atomic mass is 35.5. The zero-order chi connectivity index (χ0) is 22.2. The molecule has 12 heteroatoms. The average molecular weight is 491 g/mol. The fraction of sp³-hybridized carbons (Fsp3) is 0.211. The van der Waals surface area contributed by atoms with Crippen molar-refractivity contribution in [3.8, 4) is 11.5 Å². The molecule has 1 aliphatic heterocycles. The van der Waals surface area contributed by atoms with Gasteiger partial charge in [-0.05, 0) is 24.3 Å². The molecular formula is C19H14ClF3N2O4S2. The van der Waals surface area contributed by atoms with Crippen LogP contribution in [0.3, 0.4) is 0 Å². The predicted octanol–water partition coefficient (Wildman–Crippen LogP) is 5.52. The van der Waals surface area contributed by atoms with Crippen molar-refractivity contribution in [2.75, 3.05) is 11.3 Å². The highest BCUT2D eigenvalue weighted by Crippen LogP contribution is 2.40. The fourth-order valence-corrected chi connectivity index (χ4v) is 5.03. The molecule has 1 N–H and O–H groups in total. The molecule has 1 aromatic heterocycles. The van der Waals surface area contributed by atoms with Crippen molar-refractivity contribution in [3.05, 3.63) is 64.1 Å². The standard InChI is InChI=1S/C19H14ClF3N2O4S2/c20-14-9-11(19(21,22)23)1-4-16(14)29-15-5-7-28-17-10-12(2-3-13(15)17)31(26,27)25-18-24-6-8-30-18/h1-4,6,8-10,15H,5,7H2,(H,24,25)/t15-/m1/s1. The Kier molecular flexibility index (Phi) is 5.75. The minimum absolute atomic E-state index is 0.0188. The number of nitrogens with one attached hydrogen (secondary N) is 1. The quantitative estimate of drug-likeness (QED) is 0.509. The van der Waals surface area contributed by atoms with Crippen molar-refractivity contribution < 1.29 is 31.1 Å². The second-order valence-corrected chi connectivity index (χ2v) is 9.51. The van der Waals surface area contributed by atoms with Gasteiger partial charge in [0.05, 0.1) is 22.1 Å². The van der Waals surface area contributed by atoms with Crippen LogP contribution in [0.4, 0.5) is 18.3 Å². The van der Waals surface area contributed by atoms with Gasteiger partial charge < -0.3 is 9.47 Å². The van der Waals surface area contributed by atoms with E-state index in [0.717, 1.165) is 29.5 Å². The molecule has 164 valence electrons. The number of ether oxygens (including phenoxy) is 2. The number of hydrogen-bond donors (Lipinski definition) is 1. The monoisotopic (exact) mass is 490 g/mol. The van der Waals surface area contributed by atoms with E-state index in [9.17, 15) is 21.6 Å². The maximum Gasteiger partial charge on any atom is 0.416 e. The van der Waals surface area contributed by atoms with E-state index < -0.39 is 27.9 Å². The minimum atomic E-state index is -4.51. The number of aromatic nitrogens is 1. The highest BCUT2D eigenvalue weighted by molar-refractivity contribution is 7.93. The fourth-order valence-electron chi connectivity index (χ4n) is 3.00. The molecule has 0 fully saturated rings. The molecule has 0 spiro atoms. The van der Waals surface area contributed by atoms with Crippen molar-refractivity contribution >= 4 is 38.1 Å². The molecule has 6 nitrogen and oxygen atoms in total. The zero-order valence-corrected chi connectivity index (χ0v) is 17.9. The van der Waals surface area contributed by atoms with Crippen molar-refractivity contribution in [2.24, 2.45) is 0 Å². The van der Waals surface area contributed by atoms with Gasteiger partial charge in [0.1, 0.15) is 17.6 Å². The van der Waals surface area contributed by atoms with Crippen LogP contribution in [-0.2, 0) is 16.2 Å². The van der Waals surface area contributed by atoms with Gasteiger partial charge in [-0.1, -0.05) is 17.7 Å². The maximum atomic E-state index is 12.8. The average Bonchev–Trinajstić information content (AvgIpc) is 3.21. The van der Waals surface area contributed by atoms with E-state index in [0.29, 0.717) is 17.7 Å². The number of halogens is 4. The van der Waals surface area contributed by atoms with Crippen LogP contribution in [0, 0.1) is 0 Å². The maximum absolute atomic E-state index is 12.8.